The van der Waals surface area contributed by atoms with Crippen LogP contribution in [0.4, 0.5) is 0 Å². The Morgan fingerprint density at radius 2 is 2.19 bits per heavy atom. The van der Waals surface area contributed by atoms with Gasteiger partial charge in [0.15, 0.2) is 0 Å². The molecule has 1 aliphatic rings. The number of likely N-dealkylation sites (tertiary alicyclic amines) is 1. The van der Waals surface area contributed by atoms with Gasteiger partial charge in [0.2, 0.25) is 5.91 Å². The van der Waals surface area contributed by atoms with Gasteiger partial charge in [-0.3, -0.25) is 4.79 Å². The van der Waals surface area contributed by atoms with E-state index in [2.05, 4.69) is 0 Å². The van der Waals surface area contributed by atoms with Crippen LogP contribution in [0, 0.1) is 5.41 Å². The Hall–Kier alpha value is -1.10. The Kier molecular flexibility index (Phi) is 3.57. The predicted octanol–water partition coefficient (Wildman–Crippen LogP) is 0.435. The van der Waals surface area contributed by atoms with E-state index in [0.717, 1.165) is 0 Å². The minimum Gasteiger partial charge on any atom is -0.480 e. The summed E-state index contributed by atoms with van der Waals surface area (Å²) < 4.78 is 0. The summed E-state index contributed by atoms with van der Waals surface area (Å²) in [5.41, 5.74) is 5.46. The van der Waals surface area contributed by atoms with Crippen molar-refractivity contribution in [2.24, 2.45) is 11.1 Å². The maximum absolute atomic E-state index is 11.7. The van der Waals surface area contributed by atoms with Crippen LogP contribution in [0.2, 0.25) is 0 Å². The highest BCUT2D eigenvalue weighted by atomic mass is 16.4. The van der Waals surface area contributed by atoms with E-state index in [9.17, 15) is 9.59 Å². The smallest absolute Gasteiger partial charge is 0.326 e. The summed E-state index contributed by atoms with van der Waals surface area (Å²) >= 11 is 0. The van der Waals surface area contributed by atoms with E-state index in [1.165, 1.54) is 4.90 Å². The number of carbonyl (C=O) groups is 2. The first-order valence-corrected chi connectivity index (χ1v) is 5.51. The van der Waals surface area contributed by atoms with Gasteiger partial charge in [-0.05, 0) is 18.3 Å². The number of nitrogens with zero attached hydrogens (tertiary/aromatic N) is 1. The Morgan fingerprint density at radius 1 is 1.62 bits per heavy atom. The van der Waals surface area contributed by atoms with Crippen LogP contribution in [0.25, 0.3) is 0 Å². The van der Waals surface area contributed by atoms with Crippen LogP contribution < -0.4 is 5.73 Å². The number of aliphatic carboxylic acids is 1. The van der Waals surface area contributed by atoms with E-state index in [0.29, 0.717) is 19.4 Å². The van der Waals surface area contributed by atoms with Crippen molar-refractivity contribution < 1.29 is 14.7 Å². The number of amides is 1. The lowest BCUT2D eigenvalue weighted by Gasteiger charge is -2.30. The fourth-order valence-electron chi connectivity index (χ4n) is 1.95. The molecule has 0 aliphatic carbocycles. The van der Waals surface area contributed by atoms with Crippen LogP contribution in [0.15, 0.2) is 0 Å². The number of nitrogens with two attached hydrogens (primary N) is 1. The molecular weight excluding hydrogens is 208 g/mol. The fraction of sp³-hybridized carbons (Fsp3) is 0.818. The molecule has 1 fully saturated rings. The Bertz CT molecular complexity index is 296. The average Bonchev–Trinajstić information content (AvgIpc) is 2.42. The Morgan fingerprint density at radius 3 is 2.50 bits per heavy atom. The van der Waals surface area contributed by atoms with Gasteiger partial charge in [0.1, 0.15) is 6.04 Å². The van der Waals surface area contributed by atoms with Gasteiger partial charge in [0.05, 0.1) is 6.04 Å². The monoisotopic (exact) mass is 228 g/mol. The van der Waals surface area contributed by atoms with E-state index in [1.54, 1.807) is 0 Å². The first-order valence-electron chi connectivity index (χ1n) is 5.51. The normalized spacial score (nSPS) is 23.6. The predicted molar refractivity (Wildman–Crippen MR) is 59.8 cm³/mol. The summed E-state index contributed by atoms with van der Waals surface area (Å²) in [6.07, 6.45) is 0.994. The molecule has 92 valence electrons. The minimum atomic E-state index is -0.947. The van der Waals surface area contributed by atoms with Crippen LogP contribution in [0.1, 0.15) is 33.6 Å². The van der Waals surface area contributed by atoms with Crippen molar-refractivity contribution in [3.8, 4) is 0 Å². The van der Waals surface area contributed by atoms with E-state index in [1.807, 2.05) is 20.8 Å². The lowest BCUT2D eigenvalue weighted by molar-refractivity contribution is -0.149. The molecule has 0 aromatic heterocycles. The van der Waals surface area contributed by atoms with Gasteiger partial charge in [-0.15, -0.1) is 0 Å². The number of hydrogen-bond acceptors (Lipinski definition) is 3. The van der Waals surface area contributed by atoms with Gasteiger partial charge >= 0.3 is 5.97 Å². The lowest BCUT2D eigenvalue weighted by Crippen LogP contribution is -2.46. The third kappa shape index (κ3) is 2.95. The quantitative estimate of drug-likeness (QED) is 0.734. The van der Waals surface area contributed by atoms with Crippen LogP contribution >= 0.6 is 0 Å². The third-order valence-corrected chi connectivity index (χ3v) is 2.75. The summed E-state index contributed by atoms with van der Waals surface area (Å²) in [6.45, 7) is 6.34. The van der Waals surface area contributed by atoms with E-state index in [-0.39, 0.29) is 11.3 Å². The highest BCUT2D eigenvalue weighted by molar-refractivity contribution is 5.88. The van der Waals surface area contributed by atoms with Crippen LogP contribution in [0.3, 0.4) is 0 Å². The minimum absolute atomic E-state index is 0.129. The standard InChI is InChI=1S/C11H20N2O3/c1-11(2,3)6-8(10(15)16)13-5-4-7(12)9(13)14/h7-8H,4-6,12H2,1-3H3,(H,15,16)/t7-,8-/m0/s1. The number of carbonyl (C=O) groups excluding carboxylic acids is 1. The molecule has 1 amide bonds. The van der Waals surface area contributed by atoms with Crippen molar-refractivity contribution in [2.75, 3.05) is 6.54 Å². The van der Waals surface area contributed by atoms with E-state index < -0.39 is 18.1 Å². The first-order chi connectivity index (χ1) is 7.22. The zero-order valence-corrected chi connectivity index (χ0v) is 10.1. The van der Waals surface area contributed by atoms with E-state index in [4.69, 9.17) is 10.8 Å². The van der Waals surface area contributed by atoms with Crippen LogP contribution in [-0.2, 0) is 9.59 Å². The van der Waals surface area contributed by atoms with Crippen molar-refractivity contribution in [1.29, 1.82) is 0 Å². The highest BCUT2D eigenvalue weighted by Crippen LogP contribution is 2.26. The highest BCUT2D eigenvalue weighted by Gasteiger charge is 2.38. The molecule has 1 aliphatic heterocycles. The average molecular weight is 228 g/mol. The zero-order valence-electron chi connectivity index (χ0n) is 10.1. The molecule has 1 saturated heterocycles. The third-order valence-electron chi connectivity index (χ3n) is 2.75. The number of rotatable bonds is 3. The molecule has 3 N–H and O–H groups in total. The summed E-state index contributed by atoms with van der Waals surface area (Å²) in [6, 6.07) is -1.28. The van der Waals surface area contributed by atoms with Crippen molar-refractivity contribution in [3.05, 3.63) is 0 Å². The molecule has 5 heteroatoms. The molecule has 1 rings (SSSR count). The van der Waals surface area contributed by atoms with Gasteiger partial charge in [0.25, 0.3) is 0 Å². The molecule has 0 aromatic rings. The maximum atomic E-state index is 11.7. The molecule has 0 bridgehead atoms. The summed E-state index contributed by atoms with van der Waals surface area (Å²) in [5, 5.41) is 9.17. The fourth-order valence-corrected chi connectivity index (χ4v) is 1.95. The molecular formula is C11H20N2O3. The topological polar surface area (TPSA) is 83.6 Å². The first kappa shape index (κ1) is 13.0. The van der Waals surface area contributed by atoms with Gasteiger partial charge in [-0.2, -0.15) is 0 Å². The molecule has 1 heterocycles. The zero-order chi connectivity index (χ0) is 12.5. The van der Waals surface area contributed by atoms with Crippen molar-refractivity contribution in [1.82, 2.24) is 4.90 Å². The summed E-state index contributed by atoms with van der Waals surface area (Å²) in [5.74, 6) is -1.19. The number of hydrogen-bond donors (Lipinski definition) is 2. The second kappa shape index (κ2) is 4.41. The van der Waals surface area contributed by atoms with Crippen LogP contribution in [0.5, 0.6) is 0 Å². The largest absolute Gasteiger partial charge is 0.480 e. The van der Waals surface area contributed by atoms with Crippen LogP contribution in [-0.4, -0.2) is 40.5 Å². The van der Waals surface area contributed by atoms with Crippen molar-refractivity contribution in [2.45, 2.75) is 45.7 Å². The Labute approximate surface area is 95.6 Å². The molecule has 2 atom stereocenters. The second-order valence-corrected chi connectivity index (χ2v) is 5.55. The molecule has 5 nitrogen and oxygen atoms in total. The Balaban J connectivity index is 2.79. The van der Waals surface area contributed by atoms with Gasteiger partial charge in [-0.1, -0.05) is 20.8 Å². The molecule has 16 heavy (non-hydrogen) atoms. The van der Waals surface area contributed by atoms with Gasteiger partial charge in [0, 0.05) is 6.54 Å². The molecule has 0 radical (unpaired) electrons. The number of carboxylic acids is 1. The maximum Gasteiger partial charge on any atom is 0.326 e. The van der Waals surface area contributed by atoms with Gasteiger partial charge < -0.3 is 15.7 Å². The summed E-state index contributed by atoms with van der Waals surface area (Å²) in [4.78, 5) is 24.3. The molecule has 0 spiro atoms. The molecule has 0 aromatic carbocycles. The van der Waals surface area contributed by atoms with Gasteiger partial charge in [-0.25, -0.2) is 4.79 Å². The SMILES string of the molecule is CC(C)(C)C[C@@H](C(=O)O)N1CC[C@H](N)C1=O. The summed E-state index contributed by atoms with van der Waals surface area (Å²) in [7, 11) is 0. The van der Waals surface area contributed by atoms with Crippen molar-refractivity contribution in [3.63, 3.8) is 0 Å². The lowest BCUT2D eigenvalue weighted by atomic mass is 9.87. The van der Waals surface area contributed by atoms with Crippen molar-refractivity contribution >= 4 is 11.9 Å². The van der Waals surface area contributed by atoms with E-state index >= 15 is 0 Å². The molecule has 0 saturated carbocycles. The second-order valence-electron chi connectivity index (χ2n) is 5.55. The number of carboxylic acid groups (broad SMARTS) is 1. The molecule has 0 unspecified atom stereocenters.